The zero-order valence-corrected chi connectivity index (χ0v) is 14.8. The molecule has 2 aromatic rings. The molecular weight excluding hydrogens is 354 g/mol. The van der Waals surface area contributed by atoms with Crippen LogP contribution in [0.5, 0.6) is 5.75 Å². The second kappa shape index (κ2) is 7.73. The van der Waals surface area contributed by atoms with Crippen LogP contribution in [0.25, 0.3) is 0 Å². The number of phenolic OH excluding ortho intramolecular Hbond substituents is 1. The summed E-state index contributed by atoms with van der Waals surface area (Å²) in [7, 11) is 0. The van der Waals surface area contributed by atoms with Gasteiger partial charge >= 0.3 is 0 Å². The van der Waals surface area contributed by atoms with Gasteiger partial charge < -0.3 is 15.3 Å². The van der Waals surface area contributed by atoms with Crippen LogP contribution in [0, 0.1) is 24.5 Å². The van der Waals surface area contributed by atoms with Crippen molar-refractivity contribution in [1.29, 1.82) is 0 Å². The van der Waals surface area contributed by atoms with E-state index in [0.717, 1.165) is 17.7 Å². The van der Waals surface area contributed by atoms with Crippen LogP contribution in [0.15, 0.2) is 36.4 Å². The van der Waals surface area contributed by atoms with Gasteiger partial charge in [-0.25, -0.2) is 8.78 Å². The molecule has 0 aliphatic carbocycles. The van der Waals surface area contributed by atoms with Crippen molar-refractivity contribution in [3.8, 4) is 5.75 Å². The van der Waals surface area contributed by atoms with Crippen LogP contribution in [0.3, 0.4) is 0 Å². The Labute approximate surface area is 155 Å². The predicted octanol–water partition coefficient (Wildman–Crippen LogP) is 3.47. The van der Waals surface area contributed by atoms with E-state index in [2.05, 4.69) is 5.32 Å². The van der Waals surface area contributed by atoms with Crippen LogP contribution in [-0.2, 0) is 4.79 Å². The number of anilines is 1. The summed E-state index contributed by atoms with van der Waals surface area (Å²) in [5, 5.41) is 12.6. The smallest absolute Gasteiger partial charge is 0.256 e. The Balaban J connectivity index is 1.59. The quantitative estimate of drug-likeness (QED) is 0.809. The largest absolute Gasteiger partial charge is 0.506 e. The number of carbonyl (C=O) groups excluding carboxylic acids is 2. The number of piperidine rings is 1. The minimum atomic E-state index is -0.894. The molecule has 0 aromatic heterocycles. The molecule has 0 saturated carbocycles. The molecule has 2 N–H and O–H groups in total. The van der Waals surface area contributed by atoms with E-state index in [9.17, 15) is 23.5 Å². The van der Waals surface area contributed by atoms with Crippen molar-refractivity contribution in [1.82, 2.24) is 4.90 Å². The van der Waals surface area contributed by atoms with Gasteiger partial charge in [-0.2, -0.15) is 0 Å². The number of likely N-dealkylation sites (tertiary alicyclic amines) is 1. The fraction of sp³-hybridized carbons (Fsp3) is 0.300. The van der Waals surface area contributed by atoms with Crippen LogP contribution < -0.4 is 5.32 Å². The third-order valence-corrected chi connectivity index (χ3v) is 4.73. The van der Waals surface area contributed by atoms with E-state index in [-0.39, 0.29) is 23.1 Å². The number of nitrogens with one attached hydrogen (secondary N) is 1. The molecule has 0 spiro atoms. The summed E-state index contributed by atoms with van der Waals surface area (Å²) in [6.07, 6.45) is 0.847. The molecule has 27 heavy (non-hydrogen) atoms. The van der Waals surface area contributed by atoms with Gasteiger partial charge in [0, 0.05) is 25.1 Å². The van der Waals surface area contributed by atoms with Crippen LogP contribution in [-0.4, -0.2) is 34.9 Å². The molecule has 1 aliphatic rings. The van der Waals surface area contributed by atoms with E-state index in [1.807, 2.05) is 6.92 Å². The molecule has 3 rings (SSSR count). The van der Waals surface area contributed by atoms with Crippen molar-refractivity contribution in [3.63, 3.8) is 0 Å². The lowest BCUT2D eigenvalue weighted by atomic mass is 9.95. The average molecular weight is 374 g/mol. The van der Waals surface area contributed by atoms with Crippen LogP contribution >= 0.6 is 0 Å². The van der Waals surface area contributed by atoms with E-state index < -0.39 is 17.5 Å². The highest BCUT2D eigenvalue weighted by atomic mass is 19.1. The normalized spacial score (nSPS) is 14.9. The number of phenols is 1. The van der Waals surface area contributed by atoms with Crippen LogP contribution in [0.4, 0.5) is 14.5 Å². The summed E-state index contributed by atoms with van der Waals surface area (Å²) in [6, 6.07) is 7.85. The molecule has 0 atom stereocenters. The Morgan fingerprint density at radius 3 is 2.44 bits per heavy atom. The Morgan fingerprint density at radius 2 is 1.81 bits per heavy atom. The molecule has 5 nitrogen and oxygen atoms in total. The molecule has 1 heterocycles. The lowest BCUT2D eigenvalue weighted by Gasteiger charge is -2.31. The molecule has 0 bridgehead atoms. The zero-order valence-electron chi connectivity index (χ0n) is 14.8. The summed E-state index contributed by atoms with van der Waals surface area (Å²) in [5.41, 5.74) is 1.05. The highest BCUT2D eigenvalue weighted by Crippen LogP contribution is 2.27. The maximum absolute atomic E-state index is 13.8. The average Bonchev–Trinajstić information content (AvgIpc) is 2.63. The van der Waals surface area contributed by atoms with Crippen molar-refractivity contribution in [2.45, 2.75) is 19.8 Å². The number of hydrogen-bond donors (Lipinski definition) is 2. The van der Waals surface area contributed by atoms with Crippen molar-refractivity contribution in [2.75, 3.05) is 18.4 Å². The zero-order chi connectivity index (χ0) is 19.6. The molecule has 0 radical (unpaired) electrons. The first-order chi connectivity index (χ1) is 12.8. The first-order valence-electron chi connectivity index (χ1n) is 8.70. The van der Waals surface area contributed by atoms with Crippen LogP contribution in [0.1, 0.15) is 28.8 Å². The number of hydrogen-bond acceptors (Lipinski definition) is 3. The first-order valence-corrected chi connectivity index (χ1v) is 8.70. The molecule has 1 aliphatic heterocycles. The van der Waals surface area contributed by atoms with Gasteiger partial charge in [-0.05, 0) is 49.6 Å². The number of nitrogens with zero attached hydrogens (tertiary/aromatic N) is 1. The SMILES string of the molecule is Cc1ccc(NC(=O)C2CCN(C(=O)c3ccc(F)cc3F)CC2)c(O)c1. The maximum atomic E-state index is 13.8. The monoisotopic (exact) mass is 374 g/mol. The molecule has 1 saturated heterocycles. The Kier molecular flexibility index (Phi) is 5.39. The molecular formula is C20H20F2N2O3. The summed E-state index contributed by atoms with van der Waals surface area (Å²) in [6.45, 7) is 2.43. The van der Waals surface area contributed by atoms with Gasteiger partial charge in [0.1, 0.15) is 17.4 Å². The van der Waals surface area contributed by atoms with Gasteiger partial charge in [0.25, 0.3) is 5.91 Å². The Hall–Kier alpha value is -2.96. The van der Waals surface area contributed by atoms with E-state index in [0.29, 0.717) is 37.7 Å². The summed E-state index contributed by atoms with van der Waals surface area (Å²) in [5.74, 6) is -2.68. The summed E-state index contributed by atoms with van der Waals surface area (Å²) >= 11 is 0. The van der Waals surface area contributed by atoms with Crippen molar-refractivity contribution >= 4 is 17.5 Å². The summed E-state index contributed by atoms with van der Waals surface area (Å²) < 4.78 is 26.8. The number of rotatable bonds is 3. The van der Waals surface area contributed by atoms with Gasteiger partial charge in [-0.1, -0.05) is 6.07 Å². The van der Waals surface area contributed by atoms with E-state index in [1.165, 1.54) is 4.90 Å². The van der Waals surface area contributed by atoms with Crippen molar-refractivity contribution < 1.29 is 23.5 Å². The van der Waals surface area contributed by atoms with Gasteiger partial charge in [0.2, 0.25) is 5.91 Å². The third-order valence-electron chi connectivity index (χ3n) is 4.73. The fourth-order valence-corrected chi connectivity index (χ4v) is 3.16. The highest BCUT2D eigenvalue weighted by Gasteiger charge is 2.29. The third kappa shape index (κ3) is 4.24. The minimum Gasteiger partial charge on any atom is -0.506 e. The lowest BCUT2D eigenvalue weighted by molar-refractivity contribution is -0.121. The van der Waals surface area contributed by atoms with E-state index in [4.69, 9.17) is 0 Å². The first kappa shape index (κ1) is 18.8. The number of benzene rings is 2. The van der Waals surface area contributed by atoms with Crippen molar-refractivity contribution in [2.24, 2.45) is 5.92 Å². The Bertz CT molecular complexity index is 878. The molecule has 0 unspecified atom stereocenters. The lowest BCUT2D eigenvalue weighted by Crippen LogP contribution is -2.41. The second-order valence-corrected chi connectivity index (χ2v) is 6.70. The highest BCUT2D eigenvalue weighted by molar-refractivity contribution is 5.96. The van der Waals surface area contributed by atoms with Crippen LogP contribution in [0.2, 0.25) is 0 Å². The number of aryl methyl sites for hydroxylation is 1. The van der Waals surface area contributed by atoms with Gasteiger partial charge in [0.05, 0.1) is 11.3 Å². The standard InChI is InChI=1S/C20H20F2N2O3/c1-12-2-5-17(18(25)10-12)23-19(26)13-6-8-24(9-7-13)20(27)15-4-3-14(21)11-16(15)22/h2-5,10-11,13,25H,6-9H2,1H3,(H,23,26). The number of halogens is 2. The van der Waals surface area contributed by atoms with Crippen molar-refractivity contribution in [3.05, 3.63) is 59.2 Å². The van der Waals surface area contributed by atoms with Gasteiger partial charge in [0.15, 0.2) is 0 Å². The van der Waals surface area contributed by atoms with Gasteiger partial charge in [-0.3, -0.25) is 9.59 Å². The summed E-state index contributed by atoms with van der Waals surface area (Å²) in [4.78, 5) is 26.3. The topological polar surface area (TPSA) is 69.6 Å². The fourth-order valence-electron chi connectivity index (χ4n) is 3.16. The molecule has 1 fully saturated rings. The predicted molar refractivity (Wildman–Crippen MR) is 96.5 cm³/mol. The molecule has 2 aromatic carbocycles. The molecule has 142 valence electrons. The second-order valence-electron chi connectivity index (χ2n) is 6.70. The molecule has 2 amide bonds. The van der Waals surface area contributed by atoms with E-state index >= 15 is 0 Å². The maximum Gasteiger partial charge on any atom is 0.256 e. The van der Waals surface area contributed by atoms with E-state index in [1.54, 1.807) is 18.2 Å². The molecule has 7 heteroatoms. The number of aromatic hydroxyl groups is 1. The minimum absolute atomic E-state index is 0.00255. The Morgan fingerprint density at radius 1 is 1.11 bits per heavy atom. The van der Waals surface area contributed by atoms with Gasteiger partial charge in [-0.15, -0.1) is 0 Å². The number of carbonyl (C=O) groups is 2. The number of amides is 2.